The van der Waals surface area contributed by atoms with Crippen LogP contribution in [-0.4, -0.2) is 12.6 Å². The first-order valence-electron chi connectivity index (χ1n) is 5.59. The third-order valence-corrected chi connectivity index (χ3v) is 2.38. The van der Waals surface area contributed by atoms with Gasteiger partial charge in [0.2, 0.25) is 0 Å². The Morgan fingerprint density at radius 2 is 1.87 bits per heavy atom. The van der Waals surface area contributed by atoms with E-state index in [1.807, 2.05) is 20.8 Å². The SMILES string of the molecule is CCOC(=O)C(CC=C(C)C)C(C)(C)C. The number of allylic oxidation sites excluding steroid dienone is 2. The third-order valence-electron chi connectivity index (χ3n) is 2.38. The number of esters is 1. The molecule has 0 saturated carbocycles. The Morgan fingerprint density at radius 3 is 2.20 bits per heavy atom. The highest BCUT2D eigenvalue weighted by Gasteiger charge is 2.31. The van der Waals surface area contributed by atoms with E-state index in [0.29, 0.717) is 6.61 Å². The number of rotatable bonds is 4. The lowest BCUT2D eigenvalue weighted by Gasteiger charge is -2.27. The monoisotopic (exact) mass is 212 g/mol. The molecule has 1 unspecified atom stereocenters. The molecule has 0 bridgehead atoms. The second kappa shape index (κ2) is 5.94. The average Bonchev–Trinajstić information content (AvgIpc) is 2.01. The van der Waals surface area contributed by atoms with E-state index in [9.17, 15) is 4.79 Å². The first kappa shape index (κ1) is 14.2. The van der Waals surface area contributed by atoms with Gasteiger partial charge in [0, 0.05) is 0 Å². The Morgan fingerprint density at radius 1 is 1.33 bits per heavy atom. The molecule has 0 aromatic heterocycles. The van der Waals surface area contributed by atoms with Gasteiger partial charge in [0.05, 0.1) is 12.5 Å². The van der Waals surface area contributed by atoms with Gasteiger partial charge in [-0.05, 0) is 32.6 Å². The van der Waals surface area contributed by atoms with E-state index in [-0.39, 0.29) is 17.3 Å². The fourth-order valence-electron chi connectivity index (χ4n) is 1.40. The molecule has 0 saturated heterocycles. The lowest BCUT2D eigenvalue weighted by Crippen LogP contribution is -2.29. The van der Waals surface area contributed by atoms with Gasteiger partial charge in [-0.25, -0.2) is 0 Å². The van der Waals surface area contributed by atoms with Gasteiger partial charge in [0.15, 0.2) is 0 Å². The second-order valence-electron chi connectivity index (χ2n) is 5.19. The summed E-state index contributed by atoms with van der Waals surface area (Å²) in [6.45, 7) is 12.6. The molecule has 0 aliphatic carbocycles. The van der Waals surface area contributed by atoms with E-state index in [1.165, 1.54) is 5.57 Å². The van der Waals surface area contributed by atoms with E-state index >= 15 is 0 Å². The number of hydrogen-bond acceptors (Lipinski definition) is 2. The summed E-state index contributed by atoms with van der Waals surface area (Å²) in [5.74, 6) is -0.130. The van der Waals surface area contributed by atoms with E-state index in [4.69, 9.17) is 4.74 Å². The van der Waals surface area contributed by atoms with Gasteiger partial charge in [-0.1, -0.05) is 32.4 Å². The Hall–Kier alpha value is -0.790. The lowest BCUT2D eigenvalue weighted by atomic mass is 9.78. The molecule has 0 N–H and O–H groups in total. The molecule has 0 rings (SSSR count). The first-order valence-corrected chi connectivity index (χ1v) is 5.59. The largest absolute Gasteiger partial charge is 0.466 e. The van der Waals surface area contributed by atoms with Crippen LogP contribution in [0.5, 0.6) is 0 Å². The zero-order chi connectivity index (χ0) is 12.1. The molecule has 15 heavy (non-hydrogen) atoms. The van der Waals surface area contributed by atoms with Crippen LogP contribution in [0.1, 0.15) is 48.0 Å². The van der Waals surface area contributed by atoms with Crippen LogP contribution in [0, 0.1) is 11.3 Å². The van der Waals surface area contributed by atoms with Gasteiger partial charge in [-0.2, -0.15) is 0 Å². The minimum absolute atomic E-state index is 0.0434. The van der Waals surface area contributed by atoms with Crippen LogP contribution < -0.4 is 0 Å². The smallest absolute Gasteiger partial charge is 0.309 e. The van der Waals surface area contributed by atoms with Crippen molar-refractivity contribution in [1.29, 1.82) is 0 Å². The van der Waals surface area contributed by atoms with Crippen molar-refractivity contribution in [3.05, 3.63) is 11.6 Å². The summed E-state index contributed by atoms with van der Waals surface area (Å²) in [7, 11) is 0. The zero-order valence-electron chi connectivity index (χ0n) is 10.9. The summed E-state index contributed by atoms with van der Waals surface area (Å²) >= 11 is 0. The predicted octanol–water partition coefficient (Wildman–Crippen LogP) is 3.57. The van der Waals surface area contributed by atoms with E-state index in [1.54, 1.807) is 0 Å². The highest BCUT2D eigenvalue weighted by Crippen LogP contribution is 2.30. The molecule has 88 valence electrons. The molecule has 0 fully saturated rings. The average molecular weight is 212 g/mol. The molecule has 1 atom stereocenters. The van der Waals surface area contributed by atoms with E-state index in [0.717, 1.165) is 6.42 Å². The molecule has 0 radical (unpaired) electrons. The molecule has 0 aromatic rings. The maximum absolute atomic E-state index is 11.8. The van der Waals surface area contributed by atoms with Crippen molar-refractivity contribution in [2.24, 2.45) is 11.3 Å². The molecule has 0 aliphatic heterocycles. The Labute approximate surface area is 93.7 Å². The highest BCUT2D eigenvalue weighted by atomic mass is 16.5. The van der Waals surface area contributed by atoms with Crippen LogP contribution in [0.25, 0.3) is 0 Å². The number of carbonyl (C=O) groups excluding carboxylic acids is 1. The van der Waals surface area contributed by atoms with Crippen molar-refractivity contribution in [3.8, 4) is 0 Å². The third kappa shape index (κ3) is 5.60. The van der Waals surface area contributed by atoms with Crippen LogP contribution in [0.3, 0.4) is 0 Å². The first-order chi connectivity index (χ1) is 6.79. The van der Waals surface area contributed by atoms with Crippen molar-refractivity contribution in [3.63, 3.8) is 0 Å². The maximum atomic E-state index is 11.8. The fourth-order valence-corrected chi connectivity index (χ4v) is 1.40. The minimum Gasteiger partial charge on any atom is -0.466 e. The molecular formula is C13H24O2. The van der Waals surface area contributed by atoms with Crippen molar-refractivity contribution in [2.45, 2.75) is 48.0 Å². The minimum atomic E-state index is -0.0810. The molecule has 2 heteroatoms. The second-order valence-corrected chi connectivity index (χ2v) is 5.19. The molecule has 0 spiro atoms. The van der Waals surface area contributed by atoms with Gasteiger partial charge in [0.25, 0.3) is 0 Å². The molecule has 0 heterocycles. The summed E-state index contributed by atoms with van der Waals surface area (Å²) in [4.78, 5) is 11.8. The summed E-state index contributed by atoms with van der Waals surface area (Å²) < 4.78 is 5.09. The van der Waals surface area contributed by atoms with Gasteiger partial charge < -0.3 is 4.74 Å². The molecule has 0 aliphatic rings. The van der Waals surface area contributed by atoms with Gasteiger partial charge >= 0.3 is 5.97 Å². The Bertz CT molecular complexity index is 229. The number of ether oxygens (including phenoxy) is 1. The summed E-state index contributed by atoms with van der Waals surface area (Å²) in [5, 5.41) is 0. The number of hydrogen-bond donors (Lipinski definition) is 0. The van der Waals surface area contributed by atoms with E-state index < -0.39 is 0 Å². The lowest BCUT2D eigenvalue weighted by molar-refractivity contribution is -0.151. The summed E-state index contributed by atoms with van der Waals surface area (Å²) in [6.07, 6.45) is 2.87. The highest BCUT2D eigenvalue weighted by molar-refractivity contribution is 5.73. The maximum Gasteiger partial charge on any atom is 0.309 e. The molecule has 2 nitrogen and oxygen atoms in total. The quantitative estimate of drug-likeness (QED) is 0.526. The van der Waals surface area contributed by atoms with Crippen molar-refractivity contribution in [2.75, 3.05) is 6.61 Å². The molecule has 0 aromatic carbocycles. The topological polar surface area (TPSA) is 26.3 Å². The standard InChI is InChI=1S/C13H24O2/c1-7-15-12(14)11(13(4,5)6)9-8-10(2)3/h8,11H,7,9H2,1-6H3. The van der Waals surface area contributed by atoms with Crippen LogP contribution in [-0.2, 0) is 9.53 Å². The Balaban J connectivity index is 4.60. The fraction of sp³-hybridized carbons (Fsp3) is 0.769. The van der Waals surface area contributed by atoms with Crippen molar-refractivity contribution >= 4 is 5.97 Å². The van der Waals surface area contributed by atoms with Crippen LogP contribution in [0.4, 0.5) is 0 Å². The van der Waals surface area contributed by atoms with Crippen LogP contribution >= 0.6 is 0 Å². The molecule has 0 amide bonds. The number of carbonyl (C=O) groups is 1. The van der Waals surface area contributed by atoms with Crippen molar-refractivity contribution in [1.82, 2.24) is 0 Å². The van der Waals surface area contributed by atoms with Gasteiger partial charge in [0.1, 0.15) is 0 Å². The van der Waals surface area contributed by atoms with Crippen molar-refractivity contribution < 1.29 is 9.53 Å². The summed E-state index contributed by atoms with van der Waals surface area (Å²) in [5.41, 5.74) is 1.20. The zero-order valence-corrected chi connectivity index (χ0v) is 10.9. The predicted molar refractivity (Wildman–Crippen MR) is 63.6 cm³/mol. The summed E-state index contributed by atoms with van der Waals surface area (Å²) in [6, 6.07) is 0. The normalized spacial score (nSPS) is 13.2. The molecular weight excluding hydrogens is 188 g/mol. The van der Waals surface area contributed by atoms with Gasteiger partial charge in [-0.15, -0.1) is 0 Å². The Kier molecular flexibility index (Phi) is 5.63. The van der Waals surface area contributed by atoms with Crippen LogP contribution in [0.2, 0.25) is 0 Å². The van der Waals surface area contributed by atoms with Crippen LogP contribution in [0.15, 0.2) is 11.6 Å². The van der Waals surface area contributed by atoms with Gasteiger partial charge in [-0.3, -0.25) is 4.79 Å². The van der Waals surface area contributed by atoms with E-state index in [2.05, 4.69) is 26.8 Å².